The van der Waals surface area contributed by atoms with E-state index in [1.54, 1.807) is 6.92 Å². The molecule has 0 aliphatic carbocycles. The quantitative estimate of drug-likeness (QED) is 0.756. The van der Waals surface area contributed by atoms with Gasteiger partial charge in [0.25, 0.3) is 0 Å². The molecule has 0 atom stereocenters. The van der Waals surface area contributed by atoms with Crippen LogP contribution in [0.25, 0.3) is 0 Å². The molecule has 4 heteroatoms. The number of hydrogen-bond donors (Lipinski definition) is 0. The molecule has 0 amide bonds. The lowest BCUT2D eigenvalue weighted by molar-refractivity contribution is -0.142. The van der Waals surface area contributed by atoms with Crippen molar-refractivity contribution in [1.82, 2.24) is 0 Å². The van der Waals surface area contributed by atoms with E-state index < -0.39 is 0 Å². The zero-order chi connectivity index (χ0) is 12.7. The molecule has 0 unspecified atom stereocenters. The van der Waals surface area contributed by atoms with Gasteiger partial charge in [0.05, 0.1) is 19.6 Å². The van der Waals surface area contributed by atoms with E-state index in [9.17, 15) is 4.79 Å². The first-order valence-corrected chi connectivity index (χ1v) is 6.53. The molecule has 1 rings (SSSR count). The number of rotatable bonds is 6. The van der Waals surface area contributed by atoms with Crippen LogP contribution in [0.15, 0.2) is 22.7 Å². The van der Waals surface area contributed by atoms with Gasteiger partial charge in [-0.3, -0.25) is 4.79 Å². The summed E-state index contributed by atoms with van der Waals surface area (Å²) in [4.78, 5) is 11.5. The highest BCUT2D eigenvalue weighted by Crippen LogP contribution is 2.24. The average molecular weight is 301 g/mol. The second-order valence-corrected chi connectivity index (χ2v) is 4.50. The molecule has 1 aromatic rings. The van der Waals surface area contributed by atoms with Crippen LogP contribution < -0.4 is 4.74 Å². The third-order valence-electron chi connectivity index (χ3n) is 2.12. The standard InChI is InChI=1S/C13H17BrO3/c1-3-7-17-12-6-5-11(14)8-10(12)9-13(15)16-4-2/h5-6,8H,3-4,7,9H2,1-2H3. The van der Waals surface area contributed by atoms with Crippen LogP contribution in [0, 0.1) is 0 Å². The second-order valence-electron chi connectivity index (χ2n) is 3.58. The number of carbonyl (C=O) groups is 1. The Labute approximate surface area is 110 Å². The maximum atomic E-state index is 11.5. The van der Waals surface area contributed by atoms with Crippen molar-refractivity contribution in [2.45, 2.75) is 26.7 Å². The Balaban J connectivity index is 2.79. The highest BCUT2D eigenvalue weighted by atomic mass is 79.9. The summed E-state index contributed by atoms with van der Waals surface area (Å²) in [6, 6.07) is 5.66. The van der Waals surface area contributed by atoms with Gasteiger partial charge in [-0.15, -0.1) is 0 Å². The molecular weight excluding hydrogens is 284 g/mol. The van der Waals surface area contributed by atoms with E-state index in [2.05, 4.69) is 15.9 Å². The van der Waals surface area contributed by atoms with E-state index in [0.29, 0.717) is 13.2 Å². The Morgan fingerprint density at radius 3 is 2.76 bits per heavy atom. The topological polar surface area (TPSA) is 35.5 Å². The van der Waals surface area contributed by atoms with Gasteiger partial charge in [-0.1, -0.05) is 22.9 Å². The number of ether oxygens (including phenoxy) is 2. The normalized spacial score (nSPS) is 10.1. The fourth-order valence-electron chi connectivity index (χ4n) is 1.41. The summed E-state index contributed by atoms with van der Waals surface area (Å²) in [5, 5.41) is 0. The van der Waals surface area contributed by atoms with Crippen molar-refractivity contribution >= 4 is 21.9 Å². The molecule has 0 fully saturated rings. The van der Waals surface area contributed by atoms with E-state index in [0.717, 1.165) is 22.2 Å². The predicted molar refractivity (Wildman–Crippen MR) is 70.3 cm³/mol. The minimum absolute atomic E-state index is 0.230. The zero-order valence-corrected chi connectivity index (χ0v) is 11.7. The Morgan fingerprint density at radius 2 is 2.12 bits per heavy atom. The van der Waals surface area contributed by atoms with Gasteiger partial charge in [-0.25, -0.2) is 0 Å². The molecule has 1 aromatic carbocycles. The van der Waals surface area contributed by atoms with Crippen molar-refractivity contribution in [3.63, 3.8) is 0 Å². The van der Waals surface area contributed by atoms with Crippen molar-refractivity contribution in [1.29, 1.82) is 0 Å². The van der Waals surface area contributed by atoms with Crippen molar-refractivity contribution in [3.8, 4) is 5.75 Å². The highest BCUT2D eigenvalue weighted by Gasteiger charge is 2.10. The molecule has 0 N–H and O–H groups in total. The number of halogens is 1. The molecule has 0 saturated carbocycles. The van der Waals surface area contributed by atoms with Gasteiger partial charge in [0, 0.05) is 10.0 Å². The Bertz CT molecular complexity index is 377. The van der Waals surface area contributed by atoms with E-state index in [1.165, 1.54) is 0 Å². The van der Waals surface area contributed by atoms with E-state index in [-0.39, 0.29) is 12.4 Å². The summed E-state index contributed by atoms with van der Waals surface area (Å²) in [6.45, 7) is 4.90. The van der Waals surface area contributed by atoms with Crippen molar-refractivity contribution in [3.05, 3.63) is 28.2 Å². The first kappa shape index (κ1) is 14.0. The predicted octanol–water partition coefficient (Wildman–Crippen LogP) is 3.34. The van der Waals surface area contributed by atoms with Crippen LogP contribution in [-0.4, -0.2) is 19.2 Å². The van der Waals surface area contributed by atoms with Crippen molar-refractivity contribution in [2.24, 2.45) is 0 Å². The zero-order valence-electron chi connectivity index (χ0n) is 10.2. The van der Waals surface area contributed by atoms with Gasteiger partial charge < -0.3 is 9.47 Å². The van der Waals surface area contributed by atoms with Gasteiger partial charge in [-0.05, 0) is 31.5 Å². The fourth-order valence-corrected chi connectivity index (χ4v) is 1.82. The van der Waals surface area contributed by atoms with Crippen LogP contribution in [0.5, 0.6) is 5.75 Å². The lowest BCUT2D eigenvalue weighted by atomic mass is 10.1. The van der Waals surface area contributed by atoms with Gasteiger partial charge >= 0.3 is 5.97 Å². The number of hydrogen-bond acceptors (Lipinski definition) is 3. The number of esters is 1. The molecule has 0 saturated heterocycles. The highest BCUT2D eigenvalue weighted by molar-refractivity contribution is 9.10. The monoisotopic (exact) mass is 300 g/mol. The molecule has 0 aliphatic heterocycles. The van der Waals surface area contributed by atoms with Crippen molar-refractivity contribution < 1.29 is 14.3 Å². The summed E-state index contributed by atoms with van der Waals surface area (Å²) in [7, 11) is 0. The van der Waals surface area contributed by atoms with Gasteiger partial charge in [0.1, 0.15) is 5.75 Å². The molecule has 0 radical (unpaired) electrons. The second kappa shape index (κ2) is 7.33. The van der Waals surface area contributed by atoms with Crippen LogP contribution in [0.4, 0.5) is 0 Å². The van der Waals surface area contributed by atoms with E-state index >= 15 is 0 Å². The molecule has 94 valence electrons. The lowest BCUT2D eigenvalue weighted by Crippen LogP contribution is -2.09. The molecule has 0 aromatic heterocycles. The van der Waals surface area contributed by atoms with Crippen LogP contribution in [0.2, 0.25) is 0 Å². The average Bonchev–Trinajstić information content (AvgIpc) is 2.28. The van der Waals surface area contributed by atoms with Crippen molar-refractivity contribution in [2.75, 3.05) is 13.2 Å². The first-order chi connectivity index (χ1) is 8.17. The summed E-state index contributed by atoms with van der Waals surface area (Å²) < 4.78 is 11.5. The van der Waals surface area contributed by atoms with Gasteiger partial charge in [0.2, 0.25) is 0 Å². The summed E-state index contributed by atoms with van der Waals surface area (Å²) in [5.74, 6) is 0.523. The van der Waals surface area contributed by atoms with Crippen LogP contribution in [0.1, 0.15) is 25.8 Å². The molecule has 0 aliphatic rings. The molecule has 17 heavy (non-hydrogen) atoms. The molecule has 3 nitrogen and oxygen atoms in total. The summed E-state index contributed by atoms with van der Waals surface area (Å²) >= 11 is 3.39. The maximum absolute atomic E-state index is 11.5. The fraction of sp³-hybridized carbons (Fsp3) is 0.462. The molecule has 0 spiro atoms. The van der Waals surface area contributed by atoms with Crippen LogP contribution in [0.3, 0.4) is 0 Å². The summed E-state index contributed by atoms with van der Waals surface area (Å²) in [6.07, 6.45) is 1.18. The number of benzene rings is 1. The molecule has 0 bridgehead atoms. The van der Waals surface area contributed by atoms with Crippen LogP contribution >= 0.6 is 15.9 Å². The third kappa shape index (κ3) is 4.77. The number of carbonyl (C=O) groups excluding carboxylic acids is 1. The lowest BCUT2D eigenvalue weighted by Gasteiger charge is -2.11. The smallest absolute Gasteiger partial charge is 0.310 e. The minimum atomic E-state index is -0.230. The maximum Gasteiger partial charge on any atom is 0.310 e. The molecular formula is C13H17BrO3. The SMILES string of the molecule is CCCOc1ccc(Br)cc1CC(=O)OCC. The summed E-state index contributed by atoms with van der Waals surface area (Å²) in [5.41, 5.74) is 0.853. The first-order valence-electron chi connectivity index (χ1n) is 5.74. The van der Waals surface area contributed by atoms with Gasteiger partial charge in [0.15, 0.2) is 0 Å². The van der Waals surface area contributed by atoms with E-state index in [1.807, 2.05) is 25.1 Å². The Morgan fingerprint density at radius 1 is 1.35 bits per heavy atom. The minimum Gasteiger partial charge on any atom is -0.493 e. The van der Waals surface area contributed by atoms with Gasteiger partial charge in [-0.2, -0.15) is 0 Å². The largest absolute Gasteiger partial charge is 0.493 e. The molecule has 0 heterocycles. The Kier molecular flexibility index (Phi) is 6.05. The Hall–Kier alpha value is -1.03. The van der Waals surface area contributed by atoms with E-state index in [4.69, 9.17) is 9.47 Å². The third-order valence-corrected chi connectivity index (χ3v) is 2.62. The van der Waals surface area contributed by atoms with Crippen LogP contribution in [-0.2, 0) is 16.0 Å².